The first kappa shape index (κ1) is 14.3. The lowest BCUT2D eigenvalue weighted by molar-refractivity contribution is -0.127. The fourth-order valence-electron chi connectivity index (χ4n) is 2.52. The minimum Gasteiger partial charge on any atom is -0.356 e. The molecule has 1 saturated heterocycles. The van der Waals surface area contributed by atoms with Gasteiger partial charge in [0.05, 0.1) is 5.92 Å². The van der Waals surface area contributed by atoms with Crippen molar-refractivity contribution in [2.24, 2.45) is 5.92 Å². The molecular weight excluding hydrogens is 242 g/mol. The lowest BCUT2D eigenvalue weighted by atomic mass is 9.91. The summed E-state index contributed by atoms with van der Waals surface area (Å²) in [6.07, 6.45) is 5.49. The Morgan fingerprint density at radius 3 is 2.74 bits per heavy atom. The van der Waals surface area contributed by atoms with Gasteiger partial charge in [-0.15, -0.1) is 0 Å². The van der Waals surface area contributed by atoms with Crippen molar-refractivity contribution in [2.75, 3.05) is 13.1 Å². The summed E-state index contributed by atoms with van der Waals surface area (Å²) in [6, 6.07) is 0.683. The van der Waals surface area contributed by atoms with Gasteiger partial charge in [-0.25, -0.2) is 0 Å². The predicted molar refractivity (Wildman–Crippen MR) is 73.6 cm³/mol. The van der Waals surface area contributed by atoms with Gasteiger partial charge < -0.3 is 16.0 Å². The fraction of sp³-hybridized carbons (Fsp3) is 0.857. The van der Waals surface area contributed by atoms with Crippen LogP contribution in [0.3, 0.4) is 0 Å². The molecule has 2 unspecified atom stereocenters. The molecule has 2 amide bonds. The van der Waals surface area contributed by atoms with Gasteiger partial charge >= 0.3 is 0 Å². The highest BCUT2D eigenvalue weighted by Crippen LogP contribution is 2.18. The van der Waals surface area contributed by atoms with Gasteiger partial charge in [0.25, 0.3) is 0 Å². The van der Waals surface area contributed by atoms with E-state index in [1.54, 1.807) is 0 Å². The summed E-state index contributed by atoms with van der Waals surface area (Å²) in [5, 5.41) is 9.22. The molecule has 2 atom stereocenters. The Bertz CT molecular complexity index is 329. The molecule has 2 rings (SSSR count). The molecule has 0 aromatic rings. The van der Waals surface area contributed by atoms with E-state index in [2.05, 4.69) is 22.9 Å². The van der Waals surface area contributed by atoms with Gasteiger partial charge in [0, 0.05) is 25.0 Å². The van der Waals surface area contributed by atoms with Crippen LogP contribution in [0, 0.1) is 5.92 Å². The zero-order valence-electron chi connectivity index (χ0n) is 11.7. The normalized spacial score (nSPS) is 26.8. The van der Waals surface area contributed by atoms with Crippen molar-refractivity contribution in [1.82, 2.24) is 16.0 Å². The molecular formula is C14H25N3O2. The molecule has 1 saturated carbocycles. The van der Waals surface area contributed by atoms with E-state index in [0.29, 0.717) is 19.0 Å². The maximum absolute atomic E-state index is 12.0. The Balaban J connectivity index is 1.56. The molecule has 0 aromatic heterocycles. The zero-order valence-corrected chi connectivity index (χ0v) is 11.7. The first-order valence-electron chi connectivity index (χ1n) is 7.47. The molecule has 0 radical (unpaired) electrons. The van der Waals surface area contributed by atoms with Gasteiger partial charge in [0.15, 0.2) is 0 Å². The molecule has 2 aliphatic rings. The van der Waals surface area contributed by atoms with E-state index in [9.17, 15) is 9.59 Å². The molecule has 5 nitrogen and oxygen atoms in total. The standard InChI is InChI=1S/C14H25N3O2/c1-10-12(4-2-8-15-10)14(19)16-9-3-5-13(18)17-11-6-7-11/h10-12,15H,2-9H2,1H3,(H,16,19)(H,17,18). The van der Waals surface area contributed by atoms with Crippen molar-refractivity contribution in [2.45, 2.75) is 57.5 Å². The maximum atomic E-state index is 12.0. The Kier molecular flexibility index (Phi) is 5.19. The van der Waals surface area contributed by atoms with Gasteiger partial charge in [-0.3, -0.25) is 9.59 Å². The number of nitrogens with one attached hydrogen (secondary N) is 3. The Hall–Kier alpha value is -1.10. The number of carbonyl (C=O) groups excluding carboxylic acids is 2. The number of hydrogen-bond acceptors (Lipinski definition) is 3. The Morgan fingerprint density at radius 2 is 2.05 bits per heavy atom. The van der Waals surface area contributed by atoms with E-state index in [4.69, 9.17) is 0 Å². The number of hydrogen-bond donors (Lipinski definition) is 3. The molecule has 0 spiro atoms. The minimum atomic E-state index is 0.0778. The van der Waals surface area contributed by atoms with Gasteiger partial charge in [-0.1, -0.05) is 0 Å². The summed E-state index contributed by atoms with van der Waals surface area (Å²) < 4.78 is 0. The molecule has 0 aromatic carbocycles. The van der Waals surface area contributed by atoms with Crippen LogP contribution in [-0.4, -0.2) is 37.0 Å². The van der Waals surface area contributed by atoms with Gasteiger partial charge in [-0.05, 0) is 45.6 Å². The quantitative estimate of drug-likeness (QED) is 0.616. The van der Waals surface area contributed by atoms with Crippen molar-refractivity contribution in [1.29, 1.82) is 0 Å². The second kappa shape index (κ2) is 6.89. The third kappa shape index (κ3) is 4.82. The largest absolute Gasteiger partial charge is 0.356 e. The first-order chi connectivity index (χ1) is 9.16. The highest BCUT2D eigenvalue weighted by Gasteiger charge is 2.27. The Labute approximate surface area is 114 Å². The third-order valence-corrected chi connectivity index (χ3v) is 3.92. The van der Waals surface area contributed by atoms with Gasteiger partial charge in [-0.2, -0.15) is 0 Å². The third-order valence-electron chi connectivity index (χ3n) is 3.92. The summed E-state index contributed by atoms with van der Waals surface area (Å²) in [5.41, 5.74) is 0. The van der Waals surface area contributed by atoms with Crippen LogP contribution < -0.4 is 16.0 Å². The van der Waals surface area contributed by atoms with Crippen molar-refractivity contribution in [3.05, 3.63) is 0 Å². The van der Waals surface area contributed by atoms with Crippen molar-refractivity contribution in [3.8, 4) is 0 Å². The number of piperidine rings is 1. The van der Waals surface area contributed by atoms with E-state index >= 15 is 0 Å². The number of amides is 2. The van der Waals surface area contributed by atoms with Crippen LogP contribution in [0.2, 0.25) is 0 Å². The van der Waals surface area contributed by atoms with Crippen LogP contribution in [0.1, 0.15) is 45.4 Å². The van der Waals surface area contributed by atoms with Gasteiger partial charge in [0.2, 0.25) is 11.8 Å². The number of carbonyl (C=O) groups is 2. The van der Waals surface area contributed by atoms with Crippen LogP contribution in [0.25, 0.3) is 0 Å². The van der Waals surface area contributed by atoms with E-state index in [-0.39, 0.29) is 23.8 Å². The lowest BCUT2D eigenvalue weighted by Crippen LogP contribution is -2.46. The molecule has 1 aliphatic carbocycles. The average molecular weight is 267 g/mol. The summed E-state index contributed by atoms with van der Waals surface area (Å²) in [6.45, 7) is 3.67. The summed E-state index contributed by atoms with van der Waals surface area (Å²) >= 11 is 0. The highest BCUT2D eigenvalue weighted by atomic mass is 16.2. The minimum absolute atomic E-state index is 0.0778. The molecule has 19 heavy (non-hydrogen) atoms. The molecule has 1 heterocycles. The fourth-order valence-corrected chi connectivity index (χ4v) is 2.52. The van der Waals surface area contributed by atoms with Crippen LogP contribution in [0.4, 0.5) is 0 Å². The molecule has 0 bridgehead atoms. The van der Waals surface area contributed by atoms with E-state index in [1.807, 2.05) is 0 Å². The van der Waals surface area contributed by atoms with Crippen LogP contribution >= 0.6 is 0 Å². The van der Waals surface area contributed by atoms with E-state index in [0.717, 1.165) is 38.6 Å². The number of rotatable bonds is 6. The van der Waals surface area contributed by atoms with Crippen LogP contribution in [-0.2, 0) is 9.59 Å². The second-order valence-corrected chi connectivity index (χ2v) is 5.73. The Morgan fingerprint density at radius 1 is 1.26 bits per heavy atom. The maximum Gasteiger partial charge on any atom is 0.224 e. The predicted octanol–water partition coefficient (Wildman–Crippen LogP) is 0.549. The van der Waals surface area contributed by atoms with Crippen LogP contribution in [0.5, 0.6) is 0 Å². The average Bonchev–Trinajstić information content (AvgIpc) is 3.19. The molecule has 3 N–H and O–H groups in total. The van der Waals surface area contributed by atoms with Crippen molar-refractivity contribution >= 4 is 11.8 Å². The topological polar surface area (TPSA) is 70.2 Å². The molecule has 108 valence electrons. The van der Waals surface area contributed by atoms with E-state index in [1.165, 1.54) is 0 Å². The van der Waals surface area contributed by atoms with Crippen molar-refractivity contribution in [3.63, 3.8) is 0 Å². The summed E-state index contributed by atoms with van der Waals surface area (Å²) in [5.74, 6) is 0.320. The molecule has 5 heteroatoms. The van der Waals surface area contributed by atoms with E-state index < -0.39 is 0 Å². The monoisotopic (exact) mass is 267 g/mol. The lowest BCUT2D eigenvalue weighted by Gasteiger charge is -2.28. The molecule has 1 aliphatic heterocycles. The van der Waals surface area contributed by atoms with Crippen molar-refractivity contribution < 1.29 is 9.59 Å². The smallest absolute Gasteiger partial charge is 0.224 e. The first-order valence-corrected chi connectivity index (χ1v) is 7.47. The zero-order chi connectivity index (χ0) is 13.7. The van der Waals surface area contributed by atoms with Crippen LogP contribution in [0.15, 0.2) is 0 Å². The van der Waals surface area contributed by atoms with Gasteiger partial charge in [0.1, 0.15) is 0 Å². The molecule has 2 fully saturated rings. The summed E-state index contributed by atoms with van der Waals surface area (Å²) in [4.78, 5) is 23.4. The second-order valence-electron chi connectivity index (χ2n) is 5.73. The summed E-state index contributed by atoms with van der Waals surface area (Å²) in [7, 11) is 0. The highest BCUT2D eigenvalue weighted by molar-refractivity contribution is 5.79. The SMILES string of the molecule is CC1NCCCC1C(=O)NCCCC(=O)NC1CC1.